The quantitative estimate of drug-likeness (QED) is 0.702. The molecule has 0 spiro atoms. The second-order valence-corrected chi connectivity index (χ2v) is 6.06. The Bertz CT molecular complexity index is 723. The fourth-order valence-corrected chi connectivity index (χ4v) is 2.96. The molecular weight excluding hydrogens is 334 g/mol. The number of rotatable bonds is 7. The Hall–Kier alpha value is -2.42. The molecule has 1 aromatic rings. The van der Waals surface area contributed by atoms with Crippen molar-refractivity contribution in [2.45, 2.75) is 19.8 Å². The number of nitrogens with one attached hydrogen (secondary N) is 2. The maximum atomic E-state index is 12.5. The first-order chi connectivity index (χ1) is 11.5. The van der Waals surface area contributed by atoms with Crippen LogP contribution in [0.15, 0.2) is 15.5 Å². The number of allylic oxidation sites excluding steroid dienone is 2. The van der Waals surface area contributed by atoms with E-state index >= 15 is 0 Å². The second-order valence-electron chi connectivity index (χ2n) is 4.92. The fraction of sp³-hybridized carbons (Fsp3) is 0.400. The summed E-state index contributed by atoms with van der Waals surface area (Å²) in [6.07, 6.45) is 2.26. The number of hydrogen-bond donors (Lipinski definition) is 2. The van der Waals surface area contributed by atoms with Crippen LogP contribution in [0, 0.1) is 0 Å². The van der Waals surface area contributed by atoms with Crippen LogP contribution in [0.25, 0.3) is 0 Å². The van der Waals surface area contributed by atoms with Crippen molar-refractivity contribution in [2.75, 3.05) is 19.3 Å². The van der Waals surface area contributed by atoms with Gasteiger partial charge >= 0.3 is 0 Å². The molecule has 1 aliphatic rings. The lowest BCUT2D eigenvalue weighted by molar-refractivity contribution is -0.120. The number of carbonyl (C=O) groups excluding carboxylic acids is 4. The minimum atomic E-state index is -0.588. The van der Waals surface area contributed by atoms with Gasteiger partial charge in [-0.1, -0.05) is 12.1 Å². The summed E-state index contributed by atoms with van der Waals surface area (Å²) in [5, 5.41) is 8.61. The molecule has 1 heterocycles. The predicted octanol–water partition coefficient (Wildman–Crippen LogP) is 0.947. The van der Waals surface area contributed by atoms with Crippen molar-refractivity contribution in [1.29, 1.82) is 0 Å². The van der Waals surface area contributed by atoms with E-state index in [4.69, 9.17) is 4.52 Å². The summed E-state index contributed by atoms with van der Waals surface area (Å²) in [6, 6.07) is 0. The summed E-state index contributed by atoms with van der Waals surface area (Å²) >= 11 is 1.20. The third kappa shape index (κ3) is 3.73. The van der Waals surface area contributed by atoms with E-state index in [0.717, 1.165) is 0 Å². The van der Waals surface area contributed by atoms with Crippen LogP contribution in [0.4, 0.5) is 0 Å². The van der Waals surface area contributed by atoms with Crippen molar-refractivity contribution >= 4 is 35.1 Å². The first-order valence-electron chi connectivity index (χ1n) is 7.41. The maximum Gasteiger partial charge on any atom is 0.274 e. The molecule has 0 fully saturated rings. The number of ketones is 2. The van der Waals surface area contributed by atoms with Crippen LogP contribution < -0.4 is 10.6 Å². The van der Waals surface area contributed by atoms with Crippen LogP contribution in [0.3, 0.4) is 0 Å². The average molecular weight is 351 g/mol. The van der Waals surface area contributed by atoms with Crippen molar-refractivity contribution in [3.8, 4) is 0 Å². The lowest BCUT2D eigenvalue weighted by atomic mass is 10.00. The Morgan fingerprint density at radius 2 is 2.08 bits per heavy atom. The Balaban J connectivity index is 2.02. The van der Waals surface area contributed by atoms with Crippen molar-refractivity contribution in [3.05, 3.63) is 28.0 Å². The number of aromatic nitrogens is 1. The highest BCUT2D eigenvalue weighted by Crippen LogP contribution is 2.30. The fourth-order valence-electron chi connectivity index (χ4n) is 2.03. The molecule has 2 N–H and O–H groups in total. The third-order valence-corrected chi connectivity index (χ3v) is 4.40. The van der Waals surface area contributed by atoms with Gasteiger partial charge in [-0.2, -0.15) is 0 Å². The number of hydrogen-bond acceptors (Lipinski definition) is 7. The van der Waals surface area contributed by atoms with Gasteiger partial charge in [0.1, 0.15) is 5.56 Å². The number of carbonyl (C=O) groups is 4. The zero-order chi connectivity index (χ0) is 17.7. The van der Waals surface area contributed by atoms with Crippen LogP contribution in [0.5, 0.6) is 0 Å². The Labute approximate surface area is 142 Å². The summed E-state index contributed by atoms with van der Waals surface area (Å²) < 4.78 is 4.84. The largest absolute Gasteiger partial charge is 0.356 e. The molecule has 0 saturated heterocycles. The summed E-state index contributed by atoms with van der Waals surface area (Å²) in [4.78, 5) is 47.6. The van der Waals surface area contributed by atoms with Gasteiger partial charge in [-0.15, -0.1) is 11.8 Å². The molecule has 0 radical (unpaired) electrons. The Morgan fingerprint density at radius 3 is 2.75 bits per heavy atom. The molecule has 9 heteroatoms. The molecule has 128 valence electrons. The minimum absolute atomic E-state index is 0.0348. The molecule has 2 rings (SSSR count). The van der Waals surface area contributed by atoms with Gasteiger partial charge in [0, 0.05) is 26.1 Å². The topological polar surface area (TPSA) is 118 Å². The van der Waals surface area contributed by atoms with Gasteiger partial charge in [0.25, 0.3) is 5.91 Å². The summed E-state index contributed by atoms with van der Waals surface area (Å²) in [5.41, 5.74) is -0.282. The van der Waals surface area contributed by atoms with E-state index in [1.165, 1.54) is 24.9 Å². The molecule has 0 aliphatic heterocycles. The smallest absolute Gasteiger partial charge is 0.274 e. The lowest BCUT2D eigenvalue weighted by Gasteiger charge is -2.10. The average Bonchev–Trinajstić information content (AvgIpc) is 3.03. The molecule has 0 unspecified atom stereocenters. The highest BCUT2D eigenvalue weighted by Gasteiger charge is 2.35. The van der Waals surface area contributed by atoms with Gasteiger partial charge in [-0.3, -0.25) is 19.2 Å². The zero-order valence-electron chi connectivity index (χ0n) is 13.3. The summed E-state index contributed by atoms with van der Waals surface area (Å²) in [6.45, 7) is 2.26. The first-order valence-corrected chi connectivity index (χ1v) is 8.40. The van der Waals surface area contributed by atoms with E-state index in [0.29, 0.717) is 25.1 Å². The number of Topliss-reactive ketones (excluding diaryl/α,β-unsaturated/α-hetero) is 1. The monoisotopic (exact) mass is 351 g/mol. The van der Waals surface area contributed by atoms with Crippen LogP contribution in [0.1, 0.15) is 51.2 Å². The first kappa shape index (κ1) is 17.9. The van der Waals surface area contributed by atoms with E-state index < -0.39 is 17.5 Å². The predicted molar refractivity (Wildman–Crippen MR) is 87.0 cm³/mol. The molecule has 0 atom stereocenters. The van der Waals surface area contributed by atoms with Crippen LogP contribution in [-0.4, -0.2) is 47.9 Å². The van der Waals surface area contributed by atoms with Crippen molar-refractivity contribution in [1.82, 2.24) is 15.8 Å². The normalized spacial score (nSPS) is 13.3. The van der Waals surface area contributed by atoms with Gasteiger partial charge in [0.15, 0.2) is 5.69 Å². The molecule has 2 amide bonds. The van der Waals surface area contributed by atoms with Crippen LogP contribution >= 0.6 is 11.8 Å². The third-order valence-electron chi connectivity index (χ3n) is 3.29. The maximum absolute atomic E-state index is 12.5. The molecule has 1 aliphatic carbocycles. The molecule has 24 heavy (non-hydrogen) atoms. The molecule has 0 bridgehead atoms. The van der Waals surface area contributed by atoms with Crippen molar-refractivity contribution in [3.63, 3.8) is 0 Å². The molecule has 1 aromatic heterocycles. The molecule has 0 saturated carbocycles. The van der Waals surface area contributed by atoms with E-state index in [9.17, 15) is 19.2 Å². The van der Waals surface area contributed by atoms with Gasteiger partial charge in [0.05, 0.1) is 4.91 Å². The Kier molecular flexibility index (Phi) is 5.91. The lowest BCUT2D eigenvalue weighted by Crippen LogP contribution is -2.24. The summed E-state index contributed by atoms with van der Waals surface area (Å²) in [5.74, 6) is -1.23. The number of fused-ring (bicyclic) bond motifs is 1. The van der Waals surface area contributed by atoms with E-state index in [-0.39, 0.29) is 27.8 Å². The minimum Gasteiger partial charge on any atom is -0.356 e. The van der Waals surface area contributed by atoms with Gasteiger partial charge in [-0.25, -0.2) is 0 Å². The van der Waals surface area contributed by atoms with Crippen LogP contribution in [-0.2, 0) is 4.79 Å². The van der Waals surface area contributed by atoms with Crippen molar-refractivity contribution < 1.29 is 23.7 Å². The highest BCUT2D eigenvalue weighted by molar-refractivity contribution is 8.04. The zero-order valence-corrected chi connectivity index (χ0v) is 14.1. The summed E-state index contributed by atoms with van der Waals surface area (Å²) in [7, 11) is 1.40. The number of nitrogens with zero attached hydrogens (tertiary/aromatic N) is 1. The molecular formula is C15H17N3O5S. The van der Waals surface area contributed by atoms with E-state index in [1.807, 2.05) is 0 Å². The number of thioether (sulfide) groups is 1. The standard InChI is InChI=1S/C15H17N3O5S/c1-3-10(20)17-5-4-6-24-9-7-8(19)14-11(13(9)21)12(18-23-14)15(22)16-2/h7H,3-6H2,1-2H3,(H,16,22)(H,17,20). The van der Waals surface area contributed by atoms with Crippen LogP contribution in [0.2, 0.25) is 0 Å². The molecule has 0 aromatic carbocycles. The Morgan fingerprint density at radius 1 is 1.33 bits per heavy atom. The molecule has 8 nitrogen and oxygen atoms in total. The van der Waals surface area contributed by atoms with E-state index in [2.05, 4.69) is 15.8 Å². The van der Waals surface area contributed by atoms with Crippen molar-refractivity contribution in [2.24, 2.45) is 0 Å². The van der Waals surface area contributed by atoms with Gasteiger partial charge in [0.2, 0.25) is 23.2 Å². The van der Waals surface area contributed by atoms with Gasteiger partial charge < -0.3 is 15.2 Å². The SMILES string of the molecule is CCC(=O)NCCCSC1=CC(=O)c2onc(C(=O)NC)c2C1=O. The van der Waals surface area contributed by atoms with E-state index in [1.54, 1.807) is 6.92 Å². The second kappa shape index (κ2) is 7.91. The number of amides is 2. The highest BCUT2D eigenvalue weighted by atomic mass is 32.2. The van der Waals surface area contributed by atoms with Gasteiger partial charge in [-0.05, 0) is 12.2 Å².